The van der Waals surface area contributed by atoms with Crippen LogP contribution in [0.5, 0.6) is 11.5 Å². The van der Waals surface area contributed by atoms with Crippen LogP contribution in [0.25, 0.3) is 11.3 Å². The van der Waals surface area contributed by atoms with Crippen molar-refractivity contribution >= 4 is 5.69 Å². The van der Waals surface area contributed by atoms with Gasteiger partial charge in [-0.2, -0.15) is 5.26 Å². The van der Waals surface area contributed by atoms with E-state index in [-0.39, 0.29) is 0 Å². The van der Waals surface area contributed by atoms with Crippen LogP contribution in [0.1, 0.15) is 17.0 Å². The van der Waals surface area contributed by atoms with Gasteiger partial charge in [-0.15, -0.1) is 0 Å². The summed E-state index contributed by atoms with van der Waals surface area (Å²) in [5.41, 5.74) is 4.23. The Kier molecular flexibility index (Phi) is 6.29. The average Bonchev–Trinajstić information content (AvgIpc) is 2.84. The first kappa shape index (κ1) is 20.6. The molecule has 0 N–H and O–H groups in total. The Balaban J connectivity index is 1.57. The van der Waals surface area contributed by atoms with E-state index in [2.05, 4.69) is 28.1 Å². The standard InChI is InChI=1S/C24H24N4O3/c1-29-22-6-4-18(15-19(22)16-25)20-7-8-26-24(27-20)14-17-3-5-21(23(13-17)30-2)28-9-11-31-12-10-28/h3-8,13,15H,9-12,14H2,1-2H3. The van der Waals surface area contributed by atoms with Crippen molar-refractivity contribution in [2.75, 3.05) is 45.4 Å². The average molecular weight is 416 g/mol. The second-order valence-corrected chi connectivity index (χ2v) is 7.17. The normalized spacial score (nSPS) is 13.5. The van der Waals surface area contributed by atoms with E-state index in [1.807, 2.05) is 18.2 Å². The quantitative estimate of drug-likeness (QED) is 0.609. The van der Waals surface area contributed by atoms with Crippen molar-refractivity contribution in [2.45, 2.75) is 6.42 Å². The molecule has 0 aliphatic carbocycles. The van der Waals surface area contributed by atoms with Gasteiger partial charge in [0.1, 0.15) is 23.4 Å². The lowest BCUT2D eigenvalue weighted by Crippen LogP contribution is -2.36. The first-order valence-electron chi connectivity index (χ1n) is 10.1. The first-order valence-corrected chi connectivity index (χ1v) is 10.1. The number of methoxy groups -OCH3 is 2. The van der Waals surface area contributed by atoms with E-state index in [1.165, 1.54) is 0 Å². The molecule has 2 aromatic carbocycles. The Morgan fingerprint density at radius 2 is 1.84 bits per heavy atom. The van der Waals surface area contributed by atoms with Gasteiger partial charge in [0.15, 0.2) is 0 Å². The number of hydrogen-bond donors (Lipinski definition) is 0. The largest absolute Gasteiger partial charge is 0.495 e. The lowest BCUT2D eigenvalue weighted by Gasteiger charge is -2.30. The maximum Gasteiger partial charge on any atom is 0.142 e. The molecule has 2 heterocycles. The van der Waals surface area contributed by atoms with Crippen molar-refractivity contribution in [1.29, 1.82) is 5.26 Å². The van der Waals surface area contributed by atoms with Crippen molar-refractivity contribution in [2.24, 2.45) is 0 Å². The van der Waals surface area contributed by atoms with Crippen LogP contribution in [-0.2, 0) is 11.2 Å². The maximum atomic E-state index is 9.35. The summed E-state index contributed by atoms with van der Waals surface area (Å²) in [5, 5.41) is 9.35. The molecule has 1 aromatic heterocycles. The highest BCUT2D eigenvalue weighted by Gasteiger charge is 2.16. The molecule has 0 spiro atoms. The van der Waals surface area contributed by atoms with Crippen molar-refractivity contribution in [1.82, 2.24) is 9.97 Å². The van der Waals surface area contributed by atoms with Crippen LogP contribution in [0.4, 0.5) is 5.69 Å². The van der Waals surface area contributed by atoms with Crippen molar-refractivity contribution in [3.63, 3.8) is 0 Å². The predicted octanol–water partition coefficient (Wildman–Crippen LogP) is 3.46. The molecule has 0 amide bonds. The van der Waals surface area contributed by atoms with Gasteiger partial charge in [-0.05, 0) is 42.0 Å². The molecule has 7 nitrogen and oxygen atoms in total. The molecule has 158 valence electrons. The van der Waals surface area contributed by atoms with Crippen molar-refractivity contribution in [3.8, 4) is 28.8 Å². The molecule has 1 fully saturated rings. The van der Waals surface area contributed by atoms with Crippen LogP contribution >= 0.6 is 0 Å². The fraction of sp³-hybridized carbons (Fsp3) is 0.292. The molecule has 1 saturated heterocycles. The first-order chi connectivity index (χ1) is 15.2. The summed E-state index contributed by atoms with van der Waals surface area (Å²) in [4.78, 5) is 11.4. The SMILES string of the molecule is COc1ccc(-c2ccnc(Cc3ccc(N4CCOCC4)c(OC)c3)n2)cc1C#N. The number of nitriles is 1. The number of hydrogen-bond acceptors (Lipinski definition) is 7. The third-order valence-electron chi connectivity index (χ3n) is 5.28. The topological polar surface area (TPSA) is 80.5 Å². The van der Waals surface area contributed by atoms with Crippen LogP contribution < -0.4 is 14.4 Å². The molecule has 4 rings (SSSR count). The van der Waals surface area contributed by atoms with Gasteiger partial charge in [0.2, 0.25) is 0 Å². The van der Waals surface area contributed by atoms with Gasteiger partial charge in [0.05, 0.1) is 44.4 Å². The molecule has 0 saturated carbocycles. The monoisotopic (exact) mass is 416 g/mol. The Bertz CT molecular complexity index is 1100. The third kappa shape index (κ3) is 4.60. The zero-order valence-electron chi connectivity index (χ0n) is 17.7. The number of rotatable bonds is 6. The Labute approximate surface area is 181 Å². The van der Waals surface area contributed by atoms with Crippen LogP contribution in [0, 0.1) is 11.3 Å². The molecule has 0 bridgehead atoms. The van der Waals surface area contributed by atoms with Crippen LogP contribution in [-0.4, -0.2) is 50.5 Å². The molecule has 3 aromatic rings. The Hall–Kier alpha value is -3.63. The van der Waals surface area contributed by atoms with Crippen LogP contribution in [0.15, 0.2) is 48.7 Å². The zero-order chi connectivity index (χ0) is 21.6. The highest BCUT2D eigenvalue weighted by Crippen LogP contribution is 2.31. The van der Waals surface area contributed by atoms with Crippen LogP contribution in [0.2, 0.25) is 0 Å². The molecule has 1 aliphatic heterocycles. The molecule has 31 heavy (non-hydrogen) atoms. The highest BCUT2D eigenvalue weighted by atomic mass is 16.5. The van der Waals surface area contributed by atoms with E-state index in [4.69, 9.17) is 19.2 Å². The van der Waals surface area contributed by atoms with Gasteiger partial charge in [-0.3, -0.25) is 0 Å². The second-order valence-electron chi connectivity index (χ2n) is 7.17. The summed E-state index contributed by atoms with van der Waals surface area (Å²) in [6, 6.07) is 15.7. The molecule has 0 radical (unpaired) electrons. The number of aromatic nitrogens is 2. The number of benzene rings is 2. The number of nitrogens with zero attached hydrogens (tertiary/aromatic N) is 4. The minimum Gasteiger partial charge on any atom is -0.495 e. The van der Waals surface area contributed by atoms with E-state index in [0.717, 1.165) is 54.6 Å². The van der Waals surface area contributed by atoms with Gasteiger partial charge < -0.3 is 19.1 Å². The smallest absolute Gasteiger partial charge is 0.142 e. The zero-order valence-corrected chi connectivity index (χ0v) is 17.7. The number of morpholine rings is 1. The van der Waals surface area contributed by atoms with Gasteiger partial charge in [0, 0.05) is 31.3 Å². The lowest BCUT2D eigenvalue weighted by atomic mass is 10.1. The number of ether oxygens (including phenoxy) is 3. The van der Waals surface area contributed by atoms with E-state index >= 15 is 0 Å². The molecule has 7 heteroatoms. The second kappa shape index (κ2) is 9.45. The van der Waals surface area contributed by atoms with E-state index in [9.17, 15) is 5.26 Å². The van der Waals surface area contributed by atoms with E-state index in [0.29, 0.717) is 23.6 Å². The minimum atomic E-state index is 0.476. The van der Waals surface area contributed by atoms with Crippen LogP contribution in [0.3, 0.4) is 0 Å². The fourth-order valence-electron chi connectivity index (χ4n) is 3.68. The molecule has 1 aliphatic rings. The van der Waals surface area contributed by atoms with Gasteiger partial charge in [0.25, 0.3) is 0 Å². The fourth-order valence-corrected chi connectivity index (χ4v) is 3.68. The summed E-state index contributed by atoms with van der Waals surface area (Å²) in [6.45, 7) is 3.16. The molecule has 0 atom stereocenters. The third-order valence-corrected chi connectivity index (χ3v) is 5.28. The van der Waals surface area contributed by atoms with Gasteiger partial charge in [-0.25, -0.2) is 9.97 Å². The summed E-state index contributed by atoms with van der Waals surface area (Å²) in [7, 11) is 3.24. The molecular weight excluding hydrogens is 392 g/mol. The molecular formula is C24H24N4O3. The van der Waals surface area contributed by atoms with E-state index in [1.54, 1.807) is 32.5 Å². The summed E-state index contributed by atoms with van der Waals surface area (Å²) in [5.74, 6) is 2.09. The van der Waals surface area contributed by atoms with Gasteiger partial charge >= 0.3 is 0 Å². The van der Waals surface area contributed by atoms with Crippen molar-refractivity contribution in [3.05, 3.63) is 65.6 Å². The summed E-state index contributed by atoms with van der Waals surface area (Å²) >= 11 is 0. The Morgan fingerprint density at radius 3 is 2.58 bits per heavy atom. The van der Waals surface area contributed by atoms with Gasteiger partial charge in [-0.1, -0.05) is 6.07 Å². The molecule has 0 unspecified atom stereocenters. The van der Waals surface area contributed by atoms with Crippen molar-refractivity contribution < 1.29 is 14.2 Å². The number of anilines is 1. The summed E-state index contributed by atoms with van der Waals surface area (Å²) in [6.07, 6.45) is 2.32. The lowest BCUT2D eigenvalue weighted by molar-refractivity contribution is 0.122. The minimum absolute atomic E-state index is 0.476. The maximum absolute atomic E-state index is 9.35. The highest BCUT2D eigenvalue weighted by molar-refractivity contribution is 5.64. The van der Waals surface area contributed by atoms with E-state index < -0.39 is 0 Å². The predicted molar refractivity (Wildman–Crippen MR) is 118 cm³/mol. The Morgan fingerprint density at radius 1 is 1.03 bits per heavy atom. The summed E-state index contributed by atoms with van der Waals surface area (Å²) < 4.78 is 16.3.